The molecule has 0 aliphatic carbocycles. The maximum absolute atomic E-state index is 5.77. The molecule has 1 N–H and O–H groups in total. The summed E-state index contributed by atoms with van der Waals surface area (Å²) in [5, 5.41) is 7.43. The van der Waals surface area contributed by atoms with Crippen molar-refractivity contribution in [3.8, 4) is 0 Å². The van der Waals surface area contributed by atoms with Crippen molar-refractivity contribution in [1.82, 2.24) is 15.1 Å². The maximum Gasteiger partial charge on any atom is 0.0751 e. The van der Waals surface area contributed by atoms with E-state index in [0.29, 0.717) is 12.7 Å². The molecule has 1 aromatic rings. The van der Waals surface area contributed by atoms with E-state index in [1.807, 2.05) is 19.4 Å². The number of nitrogens with zero attached hydrogens (tertiary/aromatic N) is 2. The first-order chi connectivity index (χ1) is 6.84. The highest BCUT2D eigenvalue weighted by Crippen LogP contribution is 2.09. The van der Waals surface area contributed by atoms with Crippen LogP contribution in [0.1, 0.15) is 18.4 Å². The van der Waals surface area contributed by atoms with Crippen molar-refractivity contribution in [2.45, 2.75) is 25.6 Å². The second kappa shape index (κ2) is 4.57. The zero-order valence-corrected chi connectivity index (χ0v) is 8.57. The van der Waals surface area contributed by atoms with Crippen LogP contribution < -0.4 is 5.32 Å². The Balaban J connectivity index is 1.76. The van der Waals surface area contributed by atoms with Crippen LogP contribution in [-0.4, -0.2) is 29.0 Å². The fourth-order valence-electron chi connectivity index (χ4n) is 1.72. The van der Waals surface area contributed by atoms with Gasteiger partial charge in [0.2, 0.25) is 0 Å². The van der Waals surface area contributed by atoms with Crippen molar-refractivity contribution in [2.24, 2.45) is 7.05 Å². The maximum atomic E-state index is 5.77. The van der Waals surface area contributed by atoms with Crippen molar-refractivity contribution in [2.75, 3.05) is 13.1 Å². The normalized spacial score (nSPS) is 22.5. The molecule has 1 unspecified atom stereocenters. The van der Waals surface area contributed by atoms with E-state index in [1.165, 1.54) is 12.8 Å². The average molecular weight is 195 g/mol. The molecule has 78 valence electrons. The summed E-state index contributed by atoms with van der Waals surface area (Å²) in [6, 6.07) is 0. The average Bonchev–Trinajstić information content (AvgIpc) is 2.63. The summed E-state index contributed by atoms with van der Waals surface area (Å²) in [5.74, 6) is 0. The predicted molar refractivity (Wildman–Crippen MR) is 53.9 cm³/mol. The van der Waals surface area contributed by atoms with Crippen molar-refractivity contribution >= 4 is 0 Å². The van der Waals surface area contributed by atoms with Crippen LogP contribution in [0.2, 0.25) is 0 Å². The van der Waals surface area contributed by atoms with Gasteiger partial charge in [-0.3, -0.25) is 4.68 Å². The van der Waals surface area contributed by atoms with Crippen LogP contribution >= 0.6 is 0 Å². The van der Waals surface area contributed by atoms with E-state index in [-0.39, 0.29) is 0 Å². The van der Waals surface area contributed by atoms with E-state index in [9.17, 15) is 0 Å². The molecular weight excluding hydrogens is 178 g/mol. The zero-order valence-electron chi connectivity index (χ0n) is 8.57. The third-order valence-electron chi connectivity index (χ3n) is 2.50. The number of aryl methyl sites for hydroxylation is 1. The quantitative estimate of drug-likeness (QED) is 0.771. The van der Waals surface area contributed by atoms with E-state index in [4.69, 9.17) is 4.74 Å². The summed E-state index contributed by atoms with van der Waals surface area (Å²) < 4.78 is 7.57. The van der Waals surface area contributed by atoms with Crippen molar-refractivity contribution in [3.05, 3.63) is 18.0 Å². The van der Waals surface area contributed by atoms with E-state index in [2.05, 4.69) is 10.4 Å². The number of piperidine rings is 1. The fourth-order valence-corrected chi connectivity index (χ4v) is 1.72. The number of hydrogen-bond donors (Lipinski definition) is 1. The monoisotopic (exact) mass is 195 g/mol. The largest absolute Gasteiger partial charge is 0.372 e. The molecule has 1 atom stereocenters. The molecule has 0 saturated carbocycles. The van der Waals surface area contributed by atoms with Gasteiger partial charge in [0.1, 0.15) is 0 Å². The third-order valence-corrected chi connectivity index (χ3v) is 2.50. The van der Waals surface area contributed by atoms with Gasteiger partial charge in [-0.2, -0.15) is 5.10 Å². The summed E-state index contributed by atoms with van der Waals surface area (Å²) in [7, 11) is 1.92. The molecule has 2 rings (SSSR count). The molecule has 4 nitrogen and oxygen atoms in total. The molecule has 0 aromatic carbocycles. The van der Waals surface area contributed by atoms with Crippen molar-refractivity contribution < 1.29 is 4.74 Å². The fraction of sp³-hybridized carbons (Fsp3) is 0.700. The molecule has 0 bridgehead atoms. The van der Waals surface area contributed by atoms with Gasteiger partial charge in [0.25, 0.3) is 0 Å². The van der Waals surface area contributed by atoms with Crippen molar-refractivity contribution in [3.63, 3.8) is 0 Å². The highest BCUT2D eigenvalue weighted by molar-refractivity contribution is 5.01. The molecule has 1 aliphatic heterocycles. The summed E-state index contributed by atoms with van der Waals surface area (Å²) in [6.07, 6.45) is 6.63. The highest BCUT2D eigenvalue weighted by Gasteiger charge is 2.13. The minimum Gasteiger partial charge on any atom is -0.372 e. The van der Waals surface area contributed by atoms with Gasteiger partial charge in [-0.25, -0.2) is 0 Å². The Morgan fingerprint density at radius 2 is 2.64 bits per heavy atom. The van der Waals surface area contributed by atoms with E-state index < -0.39 is 0 Å². The molecule has 14 heavy (non-hydrogen) atoms. The second-order valence-corrected chi connectivity index (χ2v) is 3.80. The second-order valence-electron chi connectivity index (χ2n) is 3.80. The summed E-state index contributed by atoms with van der Waals surface area (Å²) >= 11 is 0. The van der Waals surface area contributed by atoms with Crippen LogP contribution in [-0.2, 0) is 18.4 Å². The Kier molecular flexibility index (Phi) is 3.16. The van der Waals surface area contributed by atoms with Gasteiger partial charge in [0, 0.05) is 25.4 Å². The first kappa shape index (κ1) is 9.68. The zero-order chi connectivity index (χ0) is 9.80. The van der Waals surface area contributed by atoms with Gasteiger partial charge in [0.15, 0.2) is 0 Å². The van der Waals surface area contributed by atoms with Crippen LogP contribution in [0.4, 0.5) is 0 Å². The van der Waals surface area contributed by atoms with E-state index >= 15 is 0 Å². The number of hydrogen-bond acceptors (Lipinski definition) is 3. The molecule has 1 aliphatic rings. The molecule has 4 heteroatoms. The molecule has 0 radical (unpaired) electrons. The Morgan fingerprint density at radius 1 is 1.71 bits per heavy atom. The Morgan fingerprint density at radius 3 is 3.29 bits per heavy atom. The van der Waals surface area contributed by atoms with Gasteiger partial charge in [-0.05, 0) is 19.4 Å². The number of rotatable bonds is 3. The minimum absolute atomic E-state index is 0.379. The highest BCUT2D eigenvalue weighted by atomic mass is 16.5. The van der Waals surface area contributed by atoms with E-state index in [1.54, 1.807) is 4.68 Å². The molecule has 1 saturated heterocycles. The van der Waals surface area contributed by atoms with Gasteiger partial charge in [-0.15, -0.1) is 0 Å². The number of aromatic nitrogens is 2. The lowest BCUT2D eigenvalue weighted by atomic mass is 10.1. The first-order valence-corrected chi connectivity index (χ1v) is 5.14. The Hall–Kier alpha value is -0.870. The van der Waals surface area contributed by atoms with Crippen LogP contribution in [0.15, 0.2) is 12.4 Å². The Bertz CT molecular complexity index is 279. The van der Waals surface area contributed by atoms with Gasteiger partial charge < -0.3 is 10.1 Å². The van der Waals surface area contributed by atoms with Gasteiger partial charge >= 0.3 is 0 Å². The SMILES string of the molecule is Cn1cc(COC2CCCNC2)cn1. The molecular formula is C10H17N3O. The van der Waals surface area contributed by atoms with Crippen LogP contribution in [0.25, 0.3) is 0 Å². The molecule has 1 fully saturated rings. The summed E-state index contributed by atoms with van der Waals surface area (Å²) in [5.41, 5.74) is 1.15. The molecule has 0 amide bonds. The Labute approximate surface area is 84.3 Å². The predicted octanol–water partition coefficient (Wildman–Crippen LogP) is 0.689. The van der Waals surface area contributed by atoms with Crippen LogP contribution in [0.3, 0.4) is 0 Å². The van der Waals surface area contributed by atoms with Crippen LogP contribution in [0.5, 0.6) is 0 Å². The molecule has 1 aromatic heterocycles. The van der Waals surface area contributed by atoms with Gasteiger partial charge in [0.05, 0.1) is 18.9 Å². The molecule has 2 heterocycles. The van der Waals surface area contributed by atoms with Gasteiger partial charge in [-0.1, -0.05) is 0 Å². The van der Waals surface area contributed by atoms with Crippen molar-refractivity contribution in [1.29, 1.82) is 0 Å². The standard InChI is InChI=1S/C10H17N3O/c1-13-7-9(5-12-13)8-14-10-3-2-4-11-6-10/h5,7,10-11H,2-4,6,8H2,1H3. The number of nitrogens with one attached hydrogen (secondary N) is 1. The topological polar surface area (TPSA) is 39.1 Å². The number of ether oxygens (including phenoxy) is 1. The first-order valence-electron chi connectivity index (χ1n) is 5.14. The van der Waals surface area contributed by atoms with Crippen LogP contribution in [0, 0.1) is 0 Å². The summed E-state index contributed by atoms with van der Waals surface area (Å²) in [6.45, 7) is 2.80. The third kappa shape index (κ3) is 2.56. The van der Waals surface area contributed by atoms with E-state index in [0.717, 1.165) is 18.7 Å². The lowest BCUT2D eigenvalue weighted by Gasteiger charge is -2.22. The smallest absolute Gasteiger partial charge is 0.0751 e. The lowest BCUT2D eigenvalue weighted by Crippen LogP contribution is -2.35. The summed E-state index contributed by atoms with van der Waals surface area (Å²) in [4.78, 5) is 0. The molecule has 0 spiro atoms. The lowest BCUT2D eigenvalue weighted by molar-refractivity contribution is 0.0253. The minimum atomic E-state index is 0.379.